The Hall–Kier alpha value is -5.58. The minimum absolute atomic E-state index is 0.0934. The average Bonchev–Trinajstić information content (AvgIpc) is 3.37. The topological polar surface area (TPSA) is 21.7 Å². The fourth-order valence-electron chi connectivity index (χ4n) is 7.25. The van der Waals surface area contributed by atoms with Crippen molar-refractivity contribution in [1.82, 2.24) is 0 Å². The monoisotopic (exact) mass is 697 g/mol. The minimum atomic E-state index is -0.0934. The molecular formula is C45H32BrNO2. The van der Waals surface area contributed by atoms with Crippen LogP contribution in [0.1, 0.15) is 25.0 Å². The van der Waals surface area contributed by atoms with Crippen molar-refractivity contribution in [3.8, 4) is 56.4 Å². The highest BCUT2D eigenvalue weighted by atomic mass is 79.9. The molecule has 0 N–H and O–H groups in total. The molecule has 1 aliphatic carbocycles. The summed E-state index contributed by atoms with van der Waals surface area (Å²) < 4.78 is 13.3. The number of benzene rings is 7. The molecule has 0 unspecified atom stereocenters. The van der Waals surface area contributed by atoms with Crippen LogP contribution in [0.3, 0.4) is 0 Å². The fourth-order valence-corrected chi connectivity index (χ4v) is 7.59. The van der Waals surface area contributed by atoms with Gasteiger partial charge in [-0.1, -0.05) is 121 Å². The molecule has 4 heteroatoms. The molecule has 7 aromatic carbocycles. The van der Waals surface area contributed by atoms with E-state index in [1.165, 1.54) is 33.4 Å². The molecule has 0 amide bonds. The smallest absolute Gasteiger partial charge is 0.171 e. The van der Waals surface area contributed by atoms with Gasteiger partial charge in [0, 0.05) is 26.9 Å². The van der Waals surface area contributed by atoms with E-state index >= 15 is 0 Å². The minimum Gasteiger partial charge on any atom is -0.449 e. The van der Waals surface area contributed by atoms with Gasteiger partial charge in [0.15, 0.2) is 23.0 Å². The number of hydrogen-bond acceptors (Lipinski definition) is 3. The predicted octanol–water partition coefficient (Wildman–Crippen LogP) is 13.5. The summed E-state index contributed by atoms with van der Waals surface area (Å²) in [5.41, 5.74) is 13.1. The van der Waals surface area contributed by atoms with Gasteiger partial charge in [-0.05, 0) is 111 Å². The van der Waals surface area contributed by atoms with E-state index in [1.54, 1.807) is 0 Å². The van der Waals surface area contributed by atoms with Crippen molar-refractivity contribution in [1.29, 1.82) is 0 Å². The van der Waals surface area contributed by atoms with Crippen LogP contribution in [0.2, 0.25) is 0 Å². The lowest BCUT2D eigenvalue weighted by molar-refractivity contribution is 0.359. The van der Waals surface area contributed by atoms with E-state index in [2.05, 4.69) is 168 Å². The van der Waals surface area contributed by atoms with Crippen molar-refractivity contribution in [3.05, 3.63) is 173 Å². The molecule has 0 spiro atoms. The Kier molecular flexibility index (Phi) is 6.96. The van der Waals surface area contributed by atoms with Crippen LogP contribution in [-0.2, 0) is 5.41 Å². The lowest BCUT2D eigenvalue weighted by Gasteiger charge is -2.28. The average molecular weight is 699 g/mol. The molecule has 0 bridgehead atoms. The van der Waals surface area contributed by atoms with Gasteiger partial charge < -0.3 is 14.4 Å². The van der Waals surface area contributed by atoms with Gasteiger partial charge in [-0.15, -0.1) is 0 Å². The lowest BCUT2D eigenvalue weighted by atomic mass is 9.82. The second kappa shape index (κ2) is 11.5. The van der Waals surface area contributed by atoms with Gasteiger partial charge in [-0.3, -0.25) is 0 Å². The summed E-state index contributed by atoms with van der Waals surface area (Å²) in [6.07, 6.45) is 0. The summed E-state index contributed by atoms with van der Waals surface area (Å²) in [4.78, 5) is 2.36. The Morgan fingerprint density at radius 1 is 0.429 bits per heavy atom. The molecule has 0 atom stereocenters. The van der Waals surface area contributed by atoms with Gasteiger partial charge >= 0.3 is 0 Å². The second-order valence-corrected chi connectivity index (χ2v) is 14.1. The number of anilines is 3. The molecular weight excluding hydrogens is 666 g/mol. The van der Waals surface area contributed by atoms with Crippen LogP contribution < -0.4 is 14.4 Å². The molecule has 1 aliphatic heterocycles. The third-order valence-corrected chi connectivity index (χ3v) is 10.3. The number of halogens is 1. The standard InChI is InChI=1S/C45H32BrNO2/c1-45(2)39-11-7-6-10-37(39)38-23-22-36(28-40(38)45)47(34-18-12-30(13-19-34)29-8-4-3-5-9-29)35-20-14-31(15-21-35)32-16-24-41-43(26-32)48-42-25-17-33(46)27-44(42)49-41/h3-28H,1-2H3. The molecule has 0 saturated heterocycles. The van der Waals surface area contributed by atoms with Crippen molar-refractivity contribution < 1.29 is 9.47 Å². The Morgan fingerprint density at radius 3 is 1.67 bits per heavy atom. The first-order chi connectivity index (χ1) is 23.9. The first-order valence-electron chi connectivity index (χ1n) is 16.5. The molecule has 1 heterocycles. The molecule has 49 heavy (non-hydrogen) atoms. The van der Waals surface area contributed by atoms with E-state index in [1.807, 2.05) is 24.3 Å². The molecule has 7 aromatic rings. The van der Waals surface area contributed by atoms with Crippen LogP contribution in [0.5, 0.6) is 23.0 Å². The molecule has 9 rings (SSSR count). The van der Waals surface area contributed by atoms with Crippen molar-refractivity contribution in [2.75, 3.05) is 4.90 Å². The summed E-state index contributed by atoms with van der Waals surface area (Å²) in [5.74, 6) is 2.82. The Balaban J connectivity index is 1.09. The van der Waals surface area contributed by atoms with Crippen molar-refractivity contribution in [3.63, 3.8) is 0 Å². The zero-order valence-electron chi connectivity index (χ0n) is 27.2. The zero-order chi connectivity index (χ0) is 33.1. The van der Waals surface area contributed by atoms with Gasteiger partial charge in [0.2, 0.25) is 0 Å². The van der Waals surface area contributed by atoms with Crippen LogP contribution in [0.15, 0.2) is 162 Å². The van der Waals surface area contributed by atoms with Gasteiger partial charge in [0.1, 0.15) is 0 Å². The Bertz CT molecular complexity index is 2360. The van der Waals surface area contributed by atoms with E-state index in [0.29, 0.717) is 23.0 Å². The fraction of sp³-hybridized carbons (Fsp3) is 0.0667. The SMILES string of the molecule is CC1(C)c2ccccc2-c2ccc(N(c3ccc(-c4ccccc4)cc3)c3ccc(-c4ccc5c(c4)Oc4ccc(Br)cc4O5)cc3)cc21. The third kappa shape index (κ3) is 5.11. The van der Waals surface area contributed by atoms with Gasteiger partial charge in [-0.25, -0.2) is 0 Å². The maximum Gasteiger partial charge on any atom is 0.171 e. The molecule has 0 fully saturated rings. The van der Waals surface area contributed by atoms with Crippen LogP contribution in [0, 0.1) is 0 Å². The Labute approximate surface area is 295 Å². The quantitative estimate of drug-likeness (QED) is 0.179. The molecule has 0 aromatic heterocycles. The number of nitrogens with zero attached hydrogens (tertiary/aromatic N) is 1. The molecule has 0 saturated carbocycles. The van der Waals surface area contributed by atoms with Crippen LogP contribution in [-0.4, -0.2) is 0 Å². The molecule has 3 nitrogen and oxygen atoms in total. The van der Waals surface area contributed by atoms with Gasteiger partial charge in [0.25, 0.3) is 0 Å². The van der Waals surface area contributed by atoms with E-state index < -0.39 is 0 Å². The maximum atomic E-state index is 6.24. The van der Waals surface area contributed by atoms with E-state index in [-0.39, 0.29) is 5.41 Å². The second-order valence-electron chi connectivity index (χ2n) is 13.2. The van der Waals surface area contributed by atoms with E-state index in [4.69, 9.17) is 9.47 Å². The van der Waals surface area contributed by atoms with Crippen LogP contribution >= 0.6 is 15.9 Å². The van der Waals surface area contributed by atoms with Gasteiger partial charge in [0.05, 0.1) is 0 Å². The molecule has 2 aliphatic rings. The molecule has 0 radical (unpaired) electrons. The predicted molar refractivity (Wildman–Crippen MR) is 204 cm³/mol. The van der Waals surface area contributed by atoms with Crippen molar-refractivity contribution >= 4 is 33.0 Å². The summed E-state index contributed by atoms with van der Waals surface area (Å²) in [7, 11) is 0. The van der Waals surface area contributed by atoms with E-state index in [9.17, 15) is 0 Å². The first kappa shape index (κ1) is 29.6. The van der Waals surface area contributed by atoms with E-state index in [0.717, 1.165) is 32.7 Å². The highest BCUT2D eigenvalue weighted by Crippen LogP contribution is 2.51. The number of fused-ring (bicyclic) bond motifs is 5. The zero-order valence-corrected chi connectivity index (χ0v) is 28.7. The number of rotatable bonds is 5. The first-order valence-corrected chi connectivity index (χ1v) is 17.3. The maximum absolute atomic E-state index is 6.24. The van der Waals surface area contributed by atoms with Crippen molar-refractivity contribution in [2.45, 2.75) is 19.3 Å². The number of ether oxygens (including phenoxy) is 2. The van der Waals surface area contributed by atoms with Gasteiger partial charge in [-0.2, -0.15) is 0 Å². The summed E-state index contributed by atoms with van der Waals surface area (Å²) in [6.45, 7) is 4.67. The van der Waals surface area contributed by atoms with Crippen LogP contribution in [0.4, 0.5) is 17.1 Å². The number of hydrogen-bond donors (Lipinski definition) is 0. The summed E-state index contributed by atoms with van der Waals surface area (Å²) >= 11 is 3.52. The summed E-state index contributed by atoms with van der Waals surface area (Å²) in [6, 6.07) is 55.8. The van der Waals surface area contributed by atoms with Crippen LogP contribution in [0.25, 0.3) is 33.4 Å². The van der Waals surface area contributed by atoms with Crippen molar-refractivity contribution in [2.24, 2.45) is 0 Å². The third-order valence-electron chi connectivity index (χ3n) is 9.81. The normalized spacial score (nSPS) is 13.3. The highest BCUT2D eigenvalue weighted by molar-refractivity contribution is 9.10. The Morgan fingerprint density at radius 2 is 0.959 bits per heavy atom. The highest BCUT2D eigenvalue weighted by Gasteiger charge is 2.35. The summed E-state index contributed by atoms with van der Waals surface area (Å²) in [5, 5.41) is 0. The largest absolute Gasteiger partial charge is 0.449 e. The molecule has 236 valence electrons. The lowest BCUT2D eigenvalue weighted by Crippen LogP contribution is -2.16.